The highest BCUT2D eigenvalue weighted by Gasteiger charge is 2.10. The second kappa shape index (κ2) is 9.76. The largest absolute Gasteiger partial charge is 0.478 e. The third kappa shape index (κ3) is 5.71. The van der Waals surface area contributed by atoms with Crippen molar-refractivity contribution in [1.82, 2.24) is 9.66 Å². The summed E-state index contributed by atoms with van der Waals surface area (Å²) in [5, 5.41) is 19.1. The average molecular weight is 367 g/mol. The van der Waals surface area contributed by atoms with E-state index < -0.39 is 11.9 Å². The van der Waals surface area contributed by atoms with Crippen LogP contribution in [0.5, 0.6) is 0 Å². The van der Waals surface area contributed by atoms with Gasteiger partial charge in [0.2, 0.25) is 0 Å². The highest BCUT2D eigenvalue weighted by molar-refractivity contribution is 5.91. The number of aliphatic carboxylic acids is 2. The smallest absolute Gasteiger partial charge is 0.328 e. The van der Waals surface area contributed by atoms with E-state index in [1.165, 1.54) is 11.1 Å². The van der Waals surface area contributed by atoms with Crippen LogP contribution in [0.2, 0.25) is 0 Å². The summed E-state index contributed by atoms with van der Waals surface area (Å²) < 4.78 is 2.13. The number of aromatic nitrogens is 2. The van der Waals surface area contributed by atoms with E-state index in [2.05, 4.69) is 58.3 Å². The van der Waals surface area contributed by atoms with E-state index in [1.807, 2.05) is 24.4 Å². The number of para-hydroxylation sites is 1. The standard InChI is InChI=1S/C16H17N3.C4H4O4/c1-2-11-19(18-12-5-6-13-18)16-9-10-17-15-8-4-3-7-14(15)16;5-3(6)1-2-4(7)8/h3-10,12-13H,2,11H2,1H3;1-2H,(H,5,6)(H,7,8). The van der Waals surface area contributed by atoms with Crippen LogP contribution in [0.25, 0.3) is 10.9 Å². The van der Waals surface area contributed by atoms with Gasteiger partial charge >= 0.3 is 11.9 Å². The number of fused-ring (bicyclic) bond motifs is 1. The number of carboxylic acids is 2. The van der Waals surface area contributed by atoms with Crippen molar-refractivity contribution in [2.75, 3.05) is 11.6 Å². The molecule has 2 heterocycles. The molecule has 3 aromatic rings. The molecule has 0 spiro atoms. The summed E-state index contributed by atoms with van der Waals surface area (Å²) >= 11 is 0. The summed E-state index contributed by atoms with van der Waals surface area (Å²) in [5.74, 6) is -2.51. The molecule has 2 N–H and O–H groups in total. The third-order valence-electron chi connectivity index (χ3n) is 3.58. The molecule has 2 aromatic heterocycles. The maximum atomic E-state index is 9.55. The van der Waals surface area contributed by atoms with E-state index in [4.69, 9.17) is 10.2 Å². The highest BCUT2D eigenvalue weighted by atomic mass is 16.4. The Balaban J connectivity index is 0.000000279. The summed E-state index contributed by atoms with van der Waals surface area (Å²) in [5.41, 5.74) is 2.23. The average Bonchev–Trinajstić information content (AvgIpc) is 3.19. The molecular weight excluding hydrogens is 346 g/mol. The van der Waals surface area contributed by atoms with E-state index >= 15 is 0 Å². The van der Waals surface area contributed by atoms with Gasteiger partial charge in [-0.15, -0.1) is 0 Å². The van der Waals surface area contributed by atoms with Crippen molar-refractivity contribution in [2.24, 2.45) is 0 Å². The van der Waals surface area contributed by atoms with Crippen LogP contribution in [-0.2, 0) is 9.59 Å². The monoisotopic (exact) mass is 367 g/mol. The van der Waals surface area contributed by atoms with Crippen molar-refractivity contribution < 1.29 is 19.8 Å². The molecular formula is C20H21N3O4. The molecule has 0 aliphatic carbocycles. The lowest BCUT2D eigenvalue weighted by Gasteiger charge is -2.26. The van der Waals surface area contributed by atoms with Crippen LogP contribution >= 0.6 is 0 Å². The fourth-order valence-electron chi connectivity index (χ4n) is 2.51. The molecule has 7 heteroatoms. The van der Waals surface area contributed by atoms with Gasteiger partial charge in [0.1, 0.15) is 0 Å². The van der Waals surface area contributed by atoms with Gasteiger partial charge in [-0.2, -0.15) is 0 Å². The zero-order valence-electron chi connectivity index (χ0n) is 14.9. The lowest BCUT2D eigenvalue weighted by Crippen LogP contribution is -2.29. The maximum Gasteiger partial charge on any atom is 0.328 e. The lowest BCUT2D eigenvalue weighted by molar-refractivity contribution is -0.134. The van der Waals surface area contributed by atoms with Crippen LogP contribution in [0, 0.1) is 0 Å². The number of benzene rings is 1. The molecule has 0 aliphatic rings. The van der Waals surface area contributed by atoms with Crippen LogP contribution in [0.1, 0.15) is 13.3 Å². The predicted molar refractivity (Wildman–Crippen MR) is 104 cm³/mol. The molecule has 0 amide bonds. The van der Waals surface area contributed by atoms with E-state index in [0.717, 1.165) is 18.5 Å². The molecule has 3 rings (SSSR count). The lowest BCUT2D eigenvalue weighted by atomic mass is 10.2. The first-order valence-corrected chi connectivity index (χ1v) is 8.41. The number of hydrogen-bond acceptors (Lipinski definition) is 4. The molecule has 0 saturated heterocycles. The van der Waals surface area contributed by atoms with Gasteiger partial charge in [-0.25, -0.2) is 9.59 Å². The molecule has 0 aliphatic heterocycles. The summed E-state index contributed by atoms with van der Waals surface area (Å²) in [7, 11) is 0. The molecule has 0 radical (unpaired) electrons. The normalized spacial score (nSPS) is 10.4. The maximum absolute atomic E-state index is 9.55. The first-order valence-electron chi connectivity index (χ1n) is 8.41. The molecule has 27 heavy (non-hydrogen) atoms. The summed E-state index contributed by atoms with van der Waals surface area (Å²) in [6.45, 7) is 3.17. The summed E-state index contributed by atoms with van der Waals surface area (Å²) in [6.07, 6.45) is 8.24. The Morgan fingerprint density at radius 2 is 1.67 bits per heavy atom. The van der Waals surface area contributed by atoms with Crippen molar-refractivity contribution in [2.45, 2.75) is 13.3 Å². The Morgan fingerprint density at radius 1 is 1.04 bits per heavy atom. The van der Waals surface area contributed by atoms with Crippen LogP contribution in [-0.4, -0.2) is 38.4 Å². The number of rotatable bonds is 6. The number of hydrogen-bond donors (Lipinski definition) is 2. The van der Waals surface area contributed by atoms with Crippen molar-refractivity contribution >= 4 is 28.5 Å². The van der Waals surface area contributed by atoms with E-state index in [1.54, 1.807) is 0 Å². The minimum Gasteiger partial charge on any atom is -0.478 e. The van der Waals surface area contributed by atoms with Gasteiger partial charge in [0.25, 0.3) is 0 Å². The fourth-order valence-corrected chi connectivity index (χ4v) is 2.51. The Morgan fingerprint density at radius 3 is 2.26 bits per heavy atom. The molecule has 0 bridgehead atoms. The van der Waals surface area contributed by atoms with E-state index in [9.17, 15) is 9.59 Å². The number of anilines is 1. The summed E-state index contributed by atoms with van der Waals surface area (Å²) in [4.78, 5) is 23.5. The van der Waals surface area contributed by atoms with Crippen LogP contribution < -0.4 is 5.01 Å². The van der Waals surface area contributed by atoms with Gasteiger partial charge in [0.05, 0.1) is 11.2 Å². The van der Waals surface area contributed by atoms with E-state index in [0.29, 0.717) is 12.2 Å². The van der Waals surface area contributed by atoms with Gasteiger partial charge in [0, 0.05) is 42.7 Å². The number of nitrogens with zero attached hydrogens (tertiary/aromatic N) is 3. The SMILES string of the molecule is CCCN(c1ccnc2ccccc12)n1cccc1.O=C(O)C=CC(=O)O. The molecule has 0 unspecified atom stereocenters. The highest BCUT2D eigenvalue weighted by Crippen LogP contribution is 2.25. The van der Waals surface area contributed by atoms with Gasteiger partial charge in [0.15, 0.2) is 0 Å². The second-order valence-corrected chi connectivity index (χ2v) is 5.54. The number of pyridine rings is 1. The zero-order valence-corrected chi connectivity index (χ0v) is 14.9. The van der Waals surface area contributed by atoms with E-state index in [-0.39, 0.29) is 0 Å². The Kier molecular flexibility index (Phi) is 7.13. The Labute approximate surface area is 156 Å². The molecule has 0 saturated carbocycles. The Bertz CT molecular complexity index is 899. The van der Waals surface area contributed by atoms with Crippen LogP contribution in [0.15, 0.2) is 73.2 Å². The predicted octanol–water partition coefficient (Wildman–Crippen LogP) is 3.43. The third-order valence-corrected chi connectivity index (χ3v) is 3.58. The Hall–Kier alpha value is -3.61. The molecule has 1 aromatic carbocycles. The molecule has 140 valence electrons. The molecule has 7 nitrogen and oxygen atoms in total. The van der Waals surface area contributed by atoms with Gasteiger partial charge in [-0.3, -0.25) is 14.7 Å². The number of carbonyl (C=O) groups is 2. The second-order valence-electron chi connectivity index (χ2n) is 5.54. The molecule has 0 fully saturated rings. The van der Waals surface area contributed by atoms with Crippen LogP contribution in [0.3, 0.4) is 0 Å². The number of carboxylic acid groups (broad SMARTS) is 2. The topological polar surface area (TPSA) is 95.7 Å². The minimum atomic E-state index is -1.26. The van der Waals surface area contributed by atoms with Crippen molar-refractivity contribution in [1.29, 1.82) is 0 Å². The van der Waals surface area contributed by atoms with Crippen molar-refractivity contribution in [3.63, 3.8) is 0 Å². The first kappa shape index (κ1) is 19.7. The van der Waals surface area contributed by atoms with Crippen molar-refractivity contribution in [3.8, 4) is 0 Å². The van der Waals surface area contributed by atoms with Gasteiger partial charge < -0.3 is 10.2 Å². The van der Waals surface area contributed by atoms with Gasteiger partial charge in [-0.1, -0.05) is 25.1 Å². The fraction of sp³-hybridized carbons (Fsp3) is 0.150. The zero-order chi connectivity index (χ0) is 19.6. The first-order chi connectivity index (χ1) is 13.0. The minimum absolute atomic E-state index is 0.558. The van der Waals surface area contributed by atoms with Gasteiger partial charge in [-0.05, 0) is 30.7 Å². The summed E-state index contributed by atoms with van der Waals surface area (Å²) in [6, 6.07) is 14.4. The van der Waals surface area contributed by atoms with Crippen molar-refractivity contribution in [3.05, 3.63) is 73.2 Å². The molecule has 0 atom stereocenters. The quantitative estimate of drug-likeness (QED) is 0.648. The van der Waals surface area contributed by atoms with Crippen LogP contribution in [0.4, 0.5) is 5.69 Å².